The summed E-state index contributed by atoms with van der Waals surface area (Å²) in [4.78, 5) is 16.1. The van der Waals surface area contributed by atoms with Gasteiger partial charge in [-0.15, -0.1) is 0 Å². The zero-order valence-corrected chi connectivity index (χ0v) is 12.4. The molecule has 0 saturated heterocycles. The normalized spacial score (nSPS) is 12.5. The van der Waals surface area contributed by atoms with Crippen molar-refractivity contribution in [2.75, 3.05) is 6.61 Å². The van der Waals surface area contributed by atoms with Gasteiger partial charge in [0.2, 0.25) is 0 Å². The van der Waals surface area contributed by atoms with Crippen LogP contribution in [-0.4, -0.2) is 17.6 Å². The van der Waals surface area contributed by atoms with Crippen molar-refractivity contribution in [1.29, 1.82) is 0 Å². The summed E-state index contributed by atoms with van der Waals surface area (Å²) in [5.74, 6) is -0.373. The highest BCUT2D eigenvalue weighted by atomic mass is 16.5. The maximum atomic E-state index is 12.1. The number of nitrogens with zero attached hydrogens (tertiary/aromatic N) is 1. The molecule has 0 spiro atoms. The maximum Gasteiger partial charge on any atom is 0.357 e. The van der Waals surface area contributed by atoms with E-state index in [9.17, 15) is 4.79 Å². The number of pyridine rings is 1. The van der Waals surface area contributed by atoms with Gasteiger partial charge in [-0.2, -0.15) is 0 Å². The van der Waals surface area contributed by atoms with Gasteiger partial charge in [0.1, 0.15) is 6.61 Å². The number of hydrogen-bond acceptors (Lipinski definition) is 3. The molecule has 0 aliphatic heterocycles. The van der Waals surface area contributed by atoms with Crippen LogP contribution in [0.2, 0.25) is 0 Å². The van der Waals surface area contributed by atoms with E-state index < -0.39 is 5.97 Å². The van der Waals surface area contributed by atoms with Gasteiger partial charge in [-0.1, -0.05) is 54.6 Å². The van der Waals surface area contributed by atoms with E-state index in [0.29, 0.717) is 6.61 Å². The van der Waals surface area contributed by atoms with Crippen LogP contribution < -0.4 is 0 Å². The zero-order chi connectivity index (χ0) is 15.6. The lowest BCUT2D eigenvalue weighted by atomic mass is 9.98. The summed E-state index contributed by atoms with van der Waals surface area (Å²) in [7, 11) is 0. The average Bonchev–Trinajstić information content (AvgIpc) is 2.94. The predicted octanol–water partition coefficient (Wildman–Crippen LogP) is 3.85. The van der Waals surface area contributed by atoms with E-state index in [4.69, 9.17) is 4.74 Å². The second kappa shape index (κ2) is 5.69. The van der Waals surface area contributed by atoms with Crippen molar-refractivity contribution in [1.82, 2.24) is 4.98 Å². The van der Waals surface area contributed by atoms with Crippen molar-refractivity contribution in [3.05, 3.63) is 89.7 Å². The van der Waals surface area contributed by atoms with Crippen molar-refractivity contribution < 1.29 is 9.53 Å². The molecule has 1 aliphatic rings. The van der Waals surface area contributed by atoms with Gasteiger partial charge in [0, 0.05) is 18.2 Å². The summed E-state index contributed by atoms with van der Waals surface area (Å²) < 4.78 is 5.49. The molecule has 0 atom stereocenters. The Balaban J connectivity index is 1.61. The minimum absolute atomic E-state index is 0.0649. The van der Waals surface area contributed by atoms with Gasteiger partial charge in [0.05, 0.1) is 0 Å². The zero-order valence-electron chi connectivity index (χ0n) is 12.4. The first-order valence-corrected chi connectivity index (χ1v) is 7.52. The number of rotatable bonds is 3. The summed E-state index contributed by atoms with van der Waals surface area (Å²) in [6, 6.07) is 22.7. The molecule has 3 heteroatoms. The van der Waals surface area contributed by atoms with Crippen molar-refractivity contribution in [2.45, 2.75) is 5.92 Å². The second-order valence-electron chi connectivity index (χ2n) is 5.46. The van der Waals surface area contributed by atoms with E-state index >= 15 is 0 Å². The quantitative estimate of drug-likeness (QED) is 0.690. The summed E-state index contributed by atoms with van der Waals surface area (Å²) in [5, 5.41) is 0. The number of benzene rings is 2. The van der Waals surface area contributed by atoms with E-state index in [-0.39, 0.29) is 11.6 Å². The molecule has 0 unspecified atom stereocenters. The lowest BCUT2D eigenvalue weighted by molar-refractivity contribution is 0.0486. The fourth-order valence-corrected chi connectivity index (χ4v) is 3.10. The lowest BCUT2D eigenvalue weighted by Gasteiger charge is -2.13. The second-order valence-corrected chi connectivity index (χ2v) is 5.46. The van der Waals surface area contributed by atoms with E-state index in [1.165, 1.54) is 22.3 Å². The first kappa shape index (κ1) is 13.7. The first-order valence-electron chi connectivity index (χ1n) is 7.52. The van der Waals surface area contributed by atoms with Gasteiger partial charge in [-0.25, -0.2) is 9.78 Å². The van der Waals surface area contributed by atoms with Gasteiger partial charge >= 0.3 is 5.97 Å². The van der Waals surface area contributed by atoms with Gasteiger partial charge in [0.25, 0.3) is 0 Å². The number of esters is 1. The standard InChI is InChI=1S/C20H14NO2/c22-20(19-11-5-6-12-21-19)23-13-18-16-9-3-1-7-14(16)15-8-2-4-10-17(15)18/h1-10,12,18H,13H2. The van der Waals surface area contributed by atoms with Crippen LogP contribution in [0.4, 0.5) is 0 Å². The molecule has 0 amide bonds. The molecular formula is C20H14NO2. The molecule has 1 radical (unpaired) electrons. The molecule has 0 fully saturated rings. The molecule has 4 rings (SSSR count). The third-order valence-corrected chi connectivity index (χ3v) is 4.14. The van der Waals surface area contributed by atoms with Gasteiger partial charge in [-0.3, -0.25) is 0 Å². The Morgan fingerprint density at radius 3 is 2.26 bits per heavy atom. The molecule has 1 aliphatic carbocycles. The lowest BCUT2D eigenvalue weighted by Crippen LogP contribution is -2.13. The summed E-state index contributed by atoms with van der Waals surface area (Å²) >= 11 is 0. The number of carbonyl (C=O) groups is 1. The Bertz CT molecular complexity index is 813. The van der Waals surface area contributed by atoms with Crippen LogP contribution in [0.3, 0.4) is 0 Å². The van der Waals surface area contributed by atoms with Crippen molar-refractivity contribution >= 4 is 5.97 Å². The molecule has 0 N–H and O–H groups in total. The topological polar surface area (TPSA) is 39.2 Å². The molecule has 2 aromatic carbocycles. The van der Waals surface area contributed by atoms with Gasteiger partial charge < -0.3 is 4.74 Å². The monoisotopic (exact) mass is 300 g/mol. The fourth-order valence-electron chi connectivity index (χ4n) is 3.10. The number of aromatic nitrogens is 1. The van der Waals surface area contributed by atoms with Crippen LogP contribution in [0.5, 0.6) is 0 Å². The Kier molecular flexibility index (Phi) is 3.39. The fraction of sp³-hybridized carbons (Fsp3) is 0.100. The van der Waals surface area contributed by atoms with E-state index in [0.717, 1.165) is 0 Å². The van der Waals surface area contributed by atoms with Gasteiger partial charge in [0.15, 0.2) is 5.69 Å². The highest BCUT2D eigenvalue weighted by Crippen LogP contribution is 2.44. The van der Waals surface area contributed by atoms with Crippen molar-refractivity contribution in [3.63, 3.8) is 0 Å². The number of carbonyl (C=O) groups excluding carboxylic acids is 1. The van der Waals surface area contributed by atoms with Crippen LogP contribution in [0.15, 0.2) is 66.9 Å². The Morgan fingerprint density at radius 2 is 1.65 bits per heavy atom. The molecule has 1 heterocycles. The van der Waals surface area contributed by atoms with Crippen LogP contribution in [0, 0.1) is 6.07 Å². The van der Waals surface area contributed by atoms with E-state index in [1.54, 1.807) is 18.3 Å². The number of ether oxygens (including phenoxy) is 1. The van der Waals surface area contributed by atoms with Crippen LogP contribution in [-0.2, 0) is 4.74 Å². The number of fused-ring (bicyclic) bond motifs is 3. The summed E-state index contributed by atoms with van der Waals surface area (Å²) in [5.41, 5.74) is 5.05. The van der Waals surface area contributed by atoms with Crippen LogP contribution in [0.1, 0.15) is 27.5 Å². The van der Waals surface area contributed by atoms with Crippen molar-refractivity contribution in [3.8, 4) is 11.1 Å². The minimum atomic E-state index is -0.438. The van der Waals surface area contributed by atoms with E-state index in [2.05, 4.69) is 35.3 Å². The smallest absolute Gasteiger partial charge is 0.357 e. The first-order chi connectivity index (χ1) is 11.3. The third kappa shape index (κ3) is 2.40. The molecule has 3 nitrogen and oxygen atoms in total. The third-order valence-electron chi connectivity index (χ3n) is 4.14. The average molecular weight is 300 g/mol. The van der Waals surface area contributed by atoms with Crippen LogP contribution in [0.25, 0.3) is 11.1 Å². The number of hydrogen-bond donors (Lipinski definition) is 0. The Labute approximate surface area is 134 Å². The van der Waals surface area contributed by atoms with Gasteiger partial charge in [-0.05, 0) is 28.3 Å². The molecule has 0 bridgehead atoms. The van der Waals surface area contributed by atoms with Crippen molar-refractivity contribution in [2.24, 2.45) is 0 Å². The largest absolute Gasteiger partial charge is 0.460 e. The Morgan fingerprint density at radius 1 is 1.00 bits per heavy atom. The molecule has 1 aromatic heterocycles. The minimum Gasteiger partial charge on any atom is -0.460 e. The predicted molar refractivity (Wildman–Crippen MR) is 87.1 cm³/mol. The maximum absolute atomic E-state index is 12.1. The molecular weight excluding hydrogens is 286 g/mol. The SMILES string of the molecule is O=C(OCC1c2ccccc2-c2ccccc21)c1[c]cccn1. The molecule has 3 aromatic rings. The highest BCUT2D eigenvalue weighted by Gasteiger charge is 2.29. The summed E-state index contributed by atoms with van der Waals surface area (Å²) in [6.07, 6.45) is 1.56. The molecule has 0 saturated carbocycles. The summed E-state index contributed by atoms with van der Waals surface area (Å²) in [6.45, 7) is 0.303. The Hall–Kier alpha value is -2.94. The molecule has 23 heavy (non-hydrogen) atoms. The molecule has 111 valence electrons. The highest BCUT2D eigenvalue weighted by molar-refractivity contribution is 5.87. The van der Waals surface area contributed by atoms with E-state index in [1.807, 2.05) is 24.3 Å². The van der Waals surface area contributed by atoms with Crippen LogP contribution >= 0.6 is 0 Å².